The first-order chi connectivity index (χ1) is 15.2. The lowest BCUT2D eigenvalue weighted by Gasteiger charge is -2.40. The molecule has 0 aromatic heterocycles. The van der Waals surface area contributed by atoms with Crippen LogP contribution in [0, 0.1) is 0 Å². The van der Waals surface area contributed by atoms with Crippen molar-refractivity contribution in [3.8, 4) is 0 Å². The van der Waals surface area contributed by atoms with Crippen LogP contribution in [0.25, 0.3) is 0 Å². The smallest absolute Gasteiger partial charge is 0.418 e. The van der Waals surface area contributed by atoms with Crippen molar-refractivity contribution in [3.05, 3.63) is 0 Å². The molecule has 0 radical (unpaired) electrons. The number of nitrogens with zero attached hydrogens (tertiary/aromatic N) is 2. The van der Waals surface area contributed by atoms with E-state index in [2.05, 4.69) is 20.8 Å². The fourth-order valence-electron chi connectivity index (χ4n) is 4.84. The van der Waals surface area contributed by atoms with Crippen LogP contribution >= 0.6 is 0 Å². The van der Waals surface area contributed by atoms with E-state index in [0.717, 1.165) is 6.61 Å². The molecule has 1 unspecified atom stereocenters. The van der Waals surface area contributed by atoms with E-state index < -0.39 is 14.5 Å². The predicted octanol–water partition coefficient (Wildman–Crippen LogP) is 6.77. The molecule has 2 aliphatic rings. The average molecular weight is 500 g/mol. The summed E-state index contributed by atoms with van der Waals surface area (Å²) in [6, 6.07) is 0. The summed E-state index contributed by atoms with van der Waals surface area (Å²) < 4.78 is 87.0. The zero-order valence-corrected chi connectivity index (χ0v) is 20.4. The minimum absolute atomic E-state index is 0.401. The van der Waals surface area contributed by atoms with Crippen LogP contribution in [0.15, 0.2) is 0 Å². The van der Waals surface area contributed by atoms with Gasteiger partial charge in [-0.15, -0.1) is 0 Å². The highest BCUT2D eigenvalue weighted by Crippen LogP contribution is 2.26. The predicted molar refractivity (Wildman–Crippen MR) is 119 cm³/mol. The lowest BCUT2D eigenvalue weighted by atomic mass is 10.2. The molecule has 0 aromatic carbocycles. The molecule has 2 fully saturated rings. The number of hydrogen-bond donors (Lipinski definition) is 0. The summed E-state index contributed by atoms with van der Waals surface area (Å²) in [5.74, 6) is 0. The minimum atomic E-state index is -6.00. The van der Waals surface area contributed by atoms with E-state index >= 15 is 0 Å². The van der Waals surface area contributed by atoms with Crippen molar-refractivity contribution in [2.45, 2.75) is 78.4 Å². The van der Waals surface area contributed by atoms with Crippen molar-refractivity contribution in [1.82, 2.24) is 0 Å². The Balaban J connectivity index is 0.000000859. The van der Waals surface area contributed by atoms with E-state index in [4.69, 9.17) is 4.74 Å². The van der Waals surface area contributed by atoms with E-state index in [1.807, 2.05) is 0 Å². The summed E-state index contributed by atoms with van der Waals surface area (Å²) in [4.78, 5) is 0. The van der Waals surface area contributed by atoms with E-state index in [1.165, 1.54) is 106 Å². The SMILES string of the molecule is CCCC[N+]1(CCOC(C)[N+]2(CCCC)CCCC2)CCCC1.F[B-](F)(F)F.F[B-](F)(F)F. The molecule has 0 bridgehead atoms. The van der Waals surface area contributed by atoms with Gasteiger partial charge < -0.3 is 43.7 Å². The quantitative estimate of drug-likeness (QED) is 0.173. The summed E-state index contributed by atoms with van der Waals surface area (Å²) in [7, 11) is -12.0. The molecule has 200 valence electrons. The molecule has 33 heavy (non-hydrogen) atoms. The fourth-order valence-corrected chi connectivity index (χ4v) is 4.84. The van der Waals surface area contributed by atoms with Gasteiger partial charge in [-0.05, 0) is 12.8 Å². The second-order valence-corrected chi connectivity index (χ2v) is 9.21. The topological polar surface area (TPSA) is 9.23 Å². The summed E-state index contributed by atoms with van der Waals surface area (Å²) >= 11 is 0. The van der Waals surface area contributed by atoms with E-state index in [1.54, 1.807) is 0 Å². The molecule has 0 aliphatic carbocycles. The summed E-state index contributed by atoms with van der Waals surface area (Å²) in [5, 5.41) is 0. The minimum Gasteiger partial charge on any atom is -0.418 e. The molecule has 2 heterocycles. The second kappa shape index (κ2) is 15.4. The molecular weight excluding hydrogens is 458 g/mol. The highest BCUT2D eigenvalue weighted by atomic mass is 19.5. The first-order valence-electron chi connectivity index (χ1n) is 12.2. The van der Waals surface area contributed by atoms with Gasteiger partial charge in [0.25, 0.3) is 0 Å². The number of hydrogen-bond acceptors (Lipinski definition) is 1. The number of unbranched alkanes of at least 4 members (excludes halogenated alkanes) is 2. The standard InChI is InChI=1S/C20H42N2O.2BF4/c1-4-6-12-21(13-8-9-14-21)18-19-23-20(3)22(15-7-5-2)16-10-11-17-22;2*2-1(3,4)5/h20H,4-19H2,1-3H3;;/q+2;2*-1. The van der Waals surface area contributed by atoms with Gasteiger partial charge in [0.15, 0.2) is 6.23 Å². The molecule has 0 saturated carbocycles. The maximum atomic E-state index is 9.75. The average Bonchev–Trinajstić information content (AvgIpc) is 3.33. The van der Waals surface area contributed by atoms with Crippen LogP contribution in [0.5, 0.6) is 0 Å². The van der Waals surface area contributed by atoms with Crippen LogP contribution < -0.4 is 0 Å². The molecule has 0 amide bonds. The lowest BCUT2D eigenvalue weighted by molar-refractivity contribution is -0.962. The van der Waals surface area contributed by atoms with Gasteiger partial charge in [0.1, 0.15) is 13.2 Å². The molecule has 0 N–H and O–H groups in total. The number of halogens is 8. The van der Waals surface area contributed by atoms with E-state index in [0.29, 0.717) is 6.23 Å². The third kappa shape index (κ3) is 16.7. The van der Waals surface area contributed by atoms with E-state index in [9.17, 15) is 34.5 Å². The van der Waals surface area contributed by atoms with Crippen molar-refractivity contribution in [1.29, 1.82) is 0 Å². The van der Waals surface area contributed by atoms with Crippen LogP contribution in [0.3, 0.4) is 0 Å². The third-order valence-corrected chi connectivity index (χ3v) is 6.61. The maximum absolute atomic E-state index is 9.75. The normalized spacial score (nSPS) is 20.5. The molecule has 0 aromatic rings. The highest BCUT2D eigenvalue weighted by molar-refractivity contribution is 6.50. The van der Waals surface area contributed by atoms with Gasteiger partial charge in [-0.2, -0.15) is 0 Å². The molecule has 0 spiro atoms. The Bertz CT molecular complexity index is 473. The lowest BCUT2D eigenvalue weighted by Crippen LogP contribution is -2.55. The zero-order valence-electron chi connectivity index (χ0n) is 20.4. The van der Waals surface area contributed by atoms with Crippen molar-refractivity contribution in [3.63, 3.8) is 0 Å². The van der Waals surface area contributed by atoms with Gasteiger partial charge in [0.2, 0.25) is 0 Å². The van der Waals surface area contributed by atoms with Crippen LogP contribution in [-0.4, -0.2) is 82.1 Å². The van der Waals surface area contributed by atoms with Gasteiger partial charge in [0.05, 0.1) is 39.3 Å². The zero-order chi connectivity index (χ0) is 25.6. The number of quaternary nitrogens is 2. The van der Waals surface area contributed by atoms with Gasteiger partial charge in [0, 0.05) is 32.6 Å². The Hall–Kier alpha value is -0.550. The van der Waals surface area contributed by atoms with Crippen molar-refractivity contribution in [2.24, 2.45) is 0 Å². The van der Waals surface area contributed by atoms with Gasteiger partial charge in [-0.1, -0.05) is 26.7 Å². The molecule has 2 aliphatic heterocycles. The monoisotopic (exact) mass is 500 g/mol. The van der Waals surface area contributed by atoms with Crippen LogP contribution in [0.2, 0.25) is 0 Å². The second-order valence-electron chi connectivity index (χ2n) is 9.21. The fraction of sp³-hybridized carbons (Fsp3) is 1.00. The molecular formula is C20H42B2F8N2O. The largest absolute Gasteiger partial charge is 0.673 e. The first-order valence-corrected chi connectivity index (χ1v) is 12.2. The van der Waals surface area contributed by atoms with Crippen molar-refractivity contribution < 1.29 is 48.2 Å². The summed E-state index contributed by atoms with van der Waals surface area (Å²) in [6.07, 6.45) is 11.4. The van der Waals surface area contributed by atoms with Crippen LogP contribution in [0.4, 0.5) is 34.5 Å². The maximum Gasteiger partial charge on any atom is 0.673 e. The summed E-state index contributed by atoms with van der Waals surface area (Å²) in [5.41, 5.74) is 0. The Morgan fingerprint density at radius 3 is 1.48 bits per heavy atom. The highest BCUT2D eigenvalue weighted by Gasteiger charge is 2.38. The summed E-state index contributed by atoms with van der Waals surface area (Å²) in [6.45, 7) is 17.4. The molecule has 1 atom stereocenters. The van der Waals surface area contributed by atoms with Gasteiger partial charge in [-0.25, -0.2) is 0 Å². The molecule has 2 rings (SSSR count). The van der Waals surface area contributed by atoms with Crippen LogP contribution in [0.1, 0.15) is 72.1 Å². The van der Waals surface area contributed by atoms with Crippen molar-refractivity contribution >= 4 is 14.5 Å². The Morgan fingerprint density at radius 1 is 0.667 bits per heavy atom. The molecule has 2 saturated heterocycles. The Morgan fingerprint density at radius 2 is 1.06 bits per heavy atom. The Kier molecular flexibility index (Phi) is 15.2. The number of likely N-dealkylation sites (tertiary alicyclic amines) is 2. The third-order valence-electron chi connectivity index (χ3n) is 6.61. The number of rotatable bonds is 11. The number of ether oxygens (including phenoxy) is 1. The van der Waals surface area contributed by atoms with E-state index in [-0.39, 0.29) is 0 Å². The van der Waals surface area contributed by atoms with Gasteiger partial charge in [-0.3, -0.25) is 4.48 Å². The molecule has 13 heteroatoms. The van der Waals surface area contributed by atoms with Crippen molar-refractivity contribution in [2.75, 3.05) is 52.4 Å². The first kappa shape index (κ1) is 32.4. The van der Waals surface area contributed by atoms with Crippen LogP contribution in [-0.2, 0) is 4.74 Å². The Labute approximate surface area is 194 Å². The molecule has 3 nitrogen and oxygen atoms in total. The van der Waals surface area contributed by atoms with Gasteiger partial charge >= 0.3 is 14.5 Å².